The zero-order valence-corrected chi connectivity index (χ0v) is 20.5. The normalized spacial score (nSPS) is 16.6. The third-order valence-electron chi connectivity index (χ3n) is 5.44. The van der Waals surface area contributed by atoms with Crippen molar-refractivity contribution in [3.63, 3.8) is 0 Å². The number of hydrogen-bond acceptors (Lipinski definition) is 5. The van der Waals surface area contributed by atoms with Gasteiger partial charge in [-0.3, -0.25) is 4.79 Å². The summed E-state index contributed by atoms with van der Waals surface area (Å²) in [6.07, 6.45) is 1.44. The molecular formula is C26H20BrN3O3S. The molecule has 0 bridgehead atoms. The van der Waals surface area contributed by atoms with E-state index in [1.165, 1.54) is 0 Å². The Balaban J connectivity index is 1.64. The molecule has 6 nitrogen and oxygen atoms in total. The van der Waals surface area contributed by atoms with Crippen molar-refractivity contribution < 1.29 is 14.6 Å². The van der Waals surface area contributed by atoms with Crippen LogP contribution in [0.1, 0.15) is 11.7 Å². The van der Waals surface area contributed by atoms with Gasteiger partial charge in [-0.15, -0.1) is 0 Å². The van der Waals surface area contributed by atoms with E-state index in [1.807, 2.05) is 72.8 Å². The molecular weight excluding hydrogens is 514 g/mol. The first-order valence-corrected chi connectivity index (χ1v) is 12.1. The first-order chi connectivity index (χ1) is 16.5. The number of hydrogen-bond donors (Lipinski definition) is 2. The summed E-state index contributed by atoms with van der Waals surface area (Å²) in [6.45, 7) is 0. The van der Waals surface area contributed by atoms with E-state index in [9.17, 15) is 9.90 Å². The van der Waals surface area contributed by atoms with Crippen LogP contribution < -0.4 is 10.1 Å². The Hall–Kier alpha value is -3.49. The molecule has 1 atom stereocenters. The lowest BCUT2D eigenvalue weighted by Crippen LogP contribution is -2.25. The minimum absolute atomic E-state index is 0.127. The van der Waals surface area contributed by atoms with Gasteiger partial charge in [0, 0.05) is 20.5 Å². The molecule has 2 N–H and O–H groups in total. The highest BCUT2D eigenvalue weighted by atomic mass is 79.9. The Bertz CT molecular complexity index is 1380. The number of amides is 1. The highest BCUT2D eigenvalue weighted by Gasteiger charge is 2.32. The molecule has 1 amide bonds. The summed E-state index contributed by atoms with van der Waals surface area (Å²) < 4.78 is 7.83. The van der Waals surface area contributed by atoms with Gasteiger partial charge in [0.2, 0.25) is 0 Å². The second-order valence-corrected chi connectivity index (χ2v) is 9.61. The van der Waals surface area contributed by atoms with Crippen molar-refractivity contribution >= 4 is 39.0 Å². The van der Waals surface area contributed by atoms with Crippen LogP contribution in [-0.2, 0) is 0 Å². The third-order valence-corrected chi connectivity index (χ3v) is 6.82. The van der Waals surface area contributed by atoms with Gasteiger partial charge in [-0.25, -0.2) is 4.68 Å². The Labute approximate surface area is 209 Å². The molecule has 1 saturated heterocycles. The Morgan fingerprint density at radius 2 is 1.85 bits per heavy atom. The van der Waals surface area contributed by atoms with Crippen LogP contribution in [0, 0.1) is 0 Å². The van der Waals surface area contributed by atoms with Crippen molar-refractivity contribution in [1.29, 1.82) is 0 Å². The summed E-state index contributed by atoms with van der Waals surface area (Å²) in [6, 6.07) is 24.6. The minimum atomic E-state index is -0.523. The molecule has 34 heavy (non-hydrogen) atoms. The number of aromatic hydroxyl groups is 1. The van der Waals surface area contributed by atoms with Gasteiger partial charge in [0.05, 0.1) is 18.5 Å². The van der Waals surface area contributed by atoms with E-state index in [0.29, 0.717) is 11.3 Å². The molecule has 2 heterocycles. The fourth-order valence-electron chi connectivity index (χ4n) is 3.79. The number of phenols is 1. The van der Waals surface area contributed by atoms with E-state index in [2.05, 4.69) is 21.2 Å². The average molecular weight is 534 g/mol. The summed E-state index contributed by atoms with van der Waals surface area (Å²) in [5.41, 5.74) is 3.91. The number of phenolic OH excluding ortho intramolecular Hbond substituents is 1. The van der Waals surface area contributed by atoms with Crippen molar-refractivity contribution in [2.75, 3.05) is 7.11 Å². The van der Waals surface area contributed by atoms with E-state index in [1.54, 1.807) is 23.9 Å². The largest absolute Gasteiger partial charge is 0.507 e. The second kappa shape index (κ2) is 9.40. The summed E-state index contributed by atoms with van der Waals surface area (Å²) >= 11 is 4.63. The number of halogens is 1. The molecule has 1 fully saturated rings. The maximum atomic E-state index is 12.5. The fourth-order valence-corrected chi connectivity index (χ4v) is 5.00. The van der Waals surface area contributed by atoms with Crippen LogP contribution in [0.15, 0.2) is 88.2 Å². The molecule has 1 aliphatic heterocycles. The van der Waals surface area contributed by atoms with Crippen molar-refractivity contribution in [3.8, 4) is 34.0 Å². The Morgan fingerprint density at radius 3 is 2.59 bits per heavy atom. The highest BCUT2D eigenvalue weighted by molar-refractivity contribution is 9.10. The number of methoxy groups -OCH3 is 1. The van der Waals surface area contributed by atoms with Crippen LogP contribution in [0.5, 0.6) is 11.5 Å². The maximum Gasteiger partial charge on any atom is 0.285 e. The Kier molecular flexibility index (Phi) is 6.17. The number of rotatable bonds is 5. The molecule has 170 valence electrons. The molecule has 4 aromatic rings. The molecule has 0 radical (unpaired) electrons. The van der Waals surface area contributed by atoms with Crippen molar-refractivity contribution in [3.05, 3.63) is 93.8 Å². The lowest BCUT2D eigenvalue weighted by atomic mass is 10.1. The quantitative estimate of drug-likeness (QED) is 0.298. The van der Waals surface area contributed by atoms with Crippen LogP contribution in [0.3, 0.4) is 0 Å². The predicted octanol–water partition coefficient (Wildman–Crippen LogP) is 6.69. The summed E-state index contributed by atoms with van der Waals surface area (Å²) in [7, 11) is 1.62. The number of aromatic nitrogens is 2. The first kappa shape index (κ1) is 22.3. The van der Waals surface area contributed by atoms with Gasteiger partial charge < -0.3 is 15.2 Å². The molecule has 1 aliphatic rings. The van der Waals surface area contributed by atoms with Crippen molar-refractivity contribution in [1.82, 2.24) is 15.1 Å². The number of nitrogens with one attached hydrogen (secondary N) is 1. The zero-order chi connectivity index (χ0) is 23.7. The predicted molar refractivity (Wildman–Crippen MR) is 139 cm³/mol. The van der Waals surface area contributed by atoms with E-state index < -0.39 is 6.17 Å². The zero-order valence-electron chi connectivity index (χ0n) is 18.1. The van der Waals surface area contributed by atoms with Gasteiger partial charge in [-0.05, 0) is 59.8 Å². The van der Waals surface area contributed by atoms with Crippen molar-refractivity contribution in [2.24, 2.45) is 0 Å². The summed E-state index contributed by atoms with van der Waals surface area (Å²) in [4.78, 5) is 13.3. The fraction of sp³-hybridized carbons (Fsp3) is 0.0769. The highest BCUT2D eigenvalue weighted by Crippen LogP contribution is 2.41. The average Bonchev–Trinajstić information content (AvgIpc) is 3.45. The second-order valence-electron chi connectivity index (χ2n) is 7.64. The van der Waals surface area contributed by atoms with Crippen molar-refractivity contribution in [2.45, 2.75) is 6.17 Å². The number of ether oxygens (including phenoxy) is 1. The molecule has 0 aliphatic carbocycles. The summed E-state index contributed by atoms with van der Waals surface area (Å²) in [5.74, 6) is 0.889. The van der Waals surface area contributed by atoms with E-state index in [4.69, 9.17) is 9.84 Å². The molecule has 0 spiro atoms. The number of benzene rings is 3. The third kappa shape index (κ3) is 4.47. The number of carbonyl (C=O) groups excluding carboxylic acids is 1. The number of nitrogens with zero attached hydrogens (tertiary/aromatic N) is 2. The molecule has 3 aromatic carbocycles. The maximum absolute atomic E-state index is 12.5. The van der Waals surface area contributed by atoms with Crippen LogP contribution in [-0.4, -0.2) is 27.2 Å². The van der Waals surface area contributed by atoms with Gasteiger partial charge in [-0.1, -0.05) is 58.4 Å². The molecule has 1 unspecified atom stereocenters. The Morgan fingerprint density at radius 1 is 1.09 bits per heavy atom. The number of carbonyl (C=O) groups is 1. The van der Waals surface area contributed by atoms with Crippen LogP contribution in [0.4, 0.5) is 4.79 Å². The standard InChI is InChI=1S/C26H20BrN3O3S/c1-33-19-10-7-16(8-11-19)13-24-25(28-26(32)34-24)30-22(20-14-18(27)9-12-23(20)31)15-21(29-30)17-5-3-2-4-6-17/h2-15,25,31H,1H3,(H,28,32)/b24-13-. The van der Waals surface area contributed by atoms with Gasteiger partial charge in [0.1, 0.15) is 11.5 Å². The topological polar surface area (TPSA) is 76.4 Å². The van der Waals surface area contributed by atoms with Gasteiger partial charge in [0.25, 0.3) is 5.24 Å². The summed E-state index contributed by atoms with van der Waals surface area (Å²) in [5, 5.41) is 18.4. The lowest BCUT2D eigenvalue weighted by Gasteiger charge is -2.17. The van der Waals surface area contributed by atoms with Crippen LogP contribution >= 0.6 is 27.7 Å². The van der Waals surface area contributed by atoms with E-state index in [0.717, 1.165) is 43.7 Å². The van der Waals surface area contributed by atoms with E-state index >= 15 is 0 Å². The lowest BCUT2D eigenvalue weighted by molar-refractivity contribution is 0.257. The van der Waals surface area contributed by atoms with Gasteiger partial charge in [-0.2, -0.15) is 5.10 Å². The smallest absolute Gasteiger partial charge is 0.285 e. The van der Waals surface area contributed by atoms with Gasteiger partial charge in [0.15, 0.2) is 6.17 Å². The molecule has 1 aromatic heterocycles. The monoisotopic (exact) mass is 533 g/mol. The molecule has 5 rings (SSSR count). The van der Waals surface area contributed by atoms with Crippen LogP contribution in [0.25, 0.3) is 28.6 Å². The number of thioether (sulfide) groups is 1. The molecule has 0 saturated carbocycles. The minimum Gasteiger partial charge on any atom is -0.507 e. The van der Waals surface area contributed by atoms with E-state index in [-0.39, 0.29) is 11.0 Å². The first-order valence-electron chi connectivity index (χ1n) is 10.5. The van der Waals surface area contributed by atoms with Crippen LogP contribution in [0.2, 0.25) is 0 Å². The molecule has 8 heteroatoms. The SMILES string of the molecule is COc1ccc(/C=C2\SC(=O)NC2n2nc(-c3ccccc3)cc2-c2cc(Br)ccc2O)cc1. The van der Waals surface area contributed by atoms with Gasteiger partial charge >= 0.3 is 0 Å².